The first-order valence-corrected chi connectivity index (χ1v) is 10.8. The van der Waals surface area contributed by atoms with Gasteiger partial charge in [0.25, 0.3) is 0 Å². The number of fused-ring (bicyclic) bond motifs is 3. The van der Waals surface area contributed by atoms with E-state index < -0.39 is 5.97 Å². The number of esters is 1. The molecule has 0 N–H and O–H groups in total. The number of ether oxygens (including phenoxy) is 2. The second kappa shape index (κ2) is 7.62. The summed E-state index contributed by atoms with van der Waals surface area (Å²) < 4.78 is 12.9. The third-order valence-electron chi connectivity index (χ3n) is 5.21. The lowest BCUT2D eigenvalue weighted by Gasteiger charge is -2.22. The smallest absolute Gasteiger partial charge is 0.374 e. The van der Waals surface area contributed by atoms with Crippen LogP contribution in [0.1, 0.15) is 23.1 Å². The maximum atomic E-state index is 12.6. The highest BCUT2D eigenvalue weighted by atomic mass is 32.1. The van der Waals surface area contributed by atoms with E-state index in [0.29, 0.717) is 30.5 Å². The molecule has 0 atom stereocenters. The Morgan fingerprint density at radius 1 is 1.29 bits per heavy atom. The summed E-state index contributed by atoms with van der Waals surface area (Å²) in [6.45, 7) is 2.71. The van der Waals surface area contributed by atoms with Gasteiger partial charge in [-0.1, -0.05) is 6.07 Å². The van der Waals surface area contributed by atoms with Gasteiger partial charge in [-0.15, -0.1) is 21.5 Å². The number of carbonyl (C=O) groups excluding carboxylic acids is 1. The van der Waals surface area contributed by atoms with Gasteiger partial charge < -0.3 is 14.0 Å². The van der Waals surface area contributed by atoms with Crippen LogP contribution in [0.4, 0.5) is 0 Å². The Bertz CT molecular complexity index is 1270. The largest absolute Gasteiger partial charge is 0.496 e. The summed E-state index contributed by atoms with van der Waals surface area (Å²) in [5.41, 5.74) is 4.48. The molecule has 0 amide bonds. The molecule has 0 spiro atoms. The van der Waals surface area contributed by atoms with Gasteiger partial charge in [-0.3, -0.25) is 0 Å². The number of aryl methyl sites for hydroxylation is 2. The molecule has 4 aromatic rings. The number of imidazole rings is 1. The van der Waals surface area contributed by atoms with Crippen LogP contribution >= 0.6 is 11.3 Å². The molecule has 1 aromatic carbocycles. The summed E-state index contributed by atoms with van der Waals surface area (Å²) in [6.07, 6.45) is 0.736. The fourth-order valence-electron chi connectivity index (χ4n) is 3.90. The van der Waals surface area contributed by atoms with E-state index in [2.05, 4.69) is 15.4 Å². The van der Waals surface area contributed by atoms with Crippen molar-refractivity contribution in [3.05, 3.63) is 41.0 Å². The molecule has 0 bridgehead atoms. The average molecular weight is 436 g/mol. The number of tetrazole rings is 1. The third-order valence-corrected chi connectivity index (χ3v) is 6.09. The molecule has 158 valence electrons. The van der Waals surface area contributed by atoms with Crippen LogP contribution < -0.4 is 4.74 Å². The van der Waals surface area contributed by atoms with Crippen LogP contribution in [0.15, 0.2) is 29.6 Å². The Kier molecular flexibility index (Phi) is 4.78. The Hall–Kier alpha value is -3.53. The van der Waals surface area contributed by atoms with Crippen LogP contribution in [-0.4, -0.2) is 49.4 Å². The van der Waals surface area contributed by atoms with Gasteiger partial charge in [0.15, 0.2) is 0 Å². The standard InChI is InChI=1S/C21H20N6O3S/c1-4-30-21(28)20-22-17(16-6-5-9-31-16)18-13-11-14(19-23-25-26(2)24-19)15(29-3)10-12(13)7-8-27(18)20/h5-6,9-11H,4,7-8H2,1-3H3. The van der Waals surface area contributed by atoms with Gasteiger partial charge in [0.05, 0.1) is 36.9 Å². The van der Waals surface area contributed by atoms with Crippen molar-refractivity contribution in [3.63, 3.8) is 0 Å². The number of hydrogen-bond donors (Lipinski definition) is 0. The van der Waals surface area contributed by atoms with Gasteiger partial charge in [-0.05, 0) is 47.7 Å². The molecular formula is C21H20N6O3S. The Morgan fingerprint density at radius 3 is 2.84 bits per heavy atom. The summed E-state index contributed by atoms with van der Waals surface area (Å²) in [5.74, 6) is 1.06. The quantitative estimate of drug-likeness (QED) is 0.443. The molecule has 31 heavy (non-hydrogen) atoms. The summed E-state index contributed by atoms with van der Waals surface area (Å²) >= 11 is 1.58. The number of nitrogens with zero attached hydrogens (tertiary/aromatic N) is 6. The van der Waals surface area contributed by atoms with Crippen molar-refractivity contribution >= 4 is 17.3 Å². The predicted molar refractivity (Wildman–Crippen MR) is 115 cm³/mol. The normalized spacial score (nSPS) is 12.4. The minimum absolute atomic E-state index is 0.297. The van der Waals surface area contributed by atoms with E-state index in [1.165, 1.54) is 4.80 Å². The maximum absolute atomic E-state index is 12.6. The van der Waals surface area contributed by atoms with Crippen molar-refractivity contribution in [2.75, 3.05) is 13.7 Å². The lowest BCUT2D eigenvalue weighted by Crippen LogP contribution is -2.18. The average Bonchev–Trinajstić information content (AvgIpc) is 3.52. The molecule has 1 aliphatic heterocycles. The molecule has 3 aromatic heterocycles. The summed E-state index contributed by atoms with van der Waals surface area (Å²) in [4.78, 5) is 19.8. The molecule has 0 radical (unpaired) electrons. The van der Waals surface area contributed by atoms with Gasteiger partial charge in [0, 0.05) is 12.1 Å². The van der Waals surface area contributed by atoms with Crippen LogP contribution in [0.25, 0.3) is 33.2 Å². The minimum Gasteiger partial charge on any atom is -0.496 e. The molecule has 4 heterocycles. The van der Waals surface area contributed by atoms with Crippen molar-refractivity contribution in [1.29, 1.82) is 0 Å². The molecule has 0 saturated heterocycles. The summed E-state index contributed by atoms with van der Waals surface area (Å²) in [5, 5.41) is 14.5. The Labute approximate surface area is 182 Å². The number of rotatable bonds is 5. The highest BCUT2D eigenvalue weighted by molar-refractivity contribution is 7.13. The van der Waals surface area contributed by atoms with Crippen LogP contribution in [0, 0.1) is 0 Å². The van der Waals surface area contributed by atoms with Crippen LogP contribution in [0.5, 0.6) is 5.75 Å². The molecule has 1 aliphatic rings. The van der Waals surface area contributed by atoms with Gasteiger partial charge in [0.1, 0.15) is 11.4 Å². The molecule has 5 rings (SSSR count). The Morgan fingerprint density at radius 2 is 2.16 bits per heavy atom. The zero-order valence-electron chi connectivity index (χ0n) is 17.3. The van der Waals surface area contributed by atoms with Crippen LogP contribution in [0.3, 0.4) is 0 Å². The fourth-order valence-corrected chi connectivity index (χ4v) is 4.61. The molecule has 0 unspecified atom stereocenters. The highest BCUT2D eigenvalue weighted by Crippen LogP contribution is 2.43. The lowest BCUT2D eigenvalue weighted by molar-refractivity contribution is 0.0506. The first kappa shape index (κ1) is 19.4. The van der Waals surface area contributed by atoms with Gasteiger partial charge >= 0.3 is 5.97 Å². The van der Waals surface area contributed by atoms with Crippen LogP contribution in [-0.2, 0) is 24.8 Å². The zero-order chi connectivity index (χ0) is 21.5. The predicted octanol–water partition coefficient (Wildman–Crippen LogP) is 3.21. The first-order valence-electron chi connectivity index (χ1n) is 9.87. The topological polar surface area (TPSA) is 97.0 Å². The van der Waals surface area contributed by atoms with E-state index in [9.17, 15) is 4.79 Å². The van der Waals surface area contributed by atoms with Crippen molar-refractivity contribution in [3.8, 4) is 39.0 Å². The zero-order valence-corrected chi connectivity index (χ0v) is 18.1. The molecule has 0 aliphatic carbocycles. The number of carbonyl (C=O) groups is 1. The first-order chi connectivity index (χ1) is 15.1. The van der Waals surface area contributed by atoms with Crippen molar-refractivity contribution in [2.24, 2.45) is 7.05 Å². The van der Waals surface area contributed by atoms with E-state index in [1.807, 2.05) is 34.2 Å². The van der Waals surface area contributed by atoms with Crippen LogP contribution in [0.2, 0.25) is 0 Å². The molecule has 10 heteroatoms. The molecular weight excluding hydrogens is 416 g/mol. The van der Waals surface area contributed by atoms with Crippen molar-refractivity contribution < 1.29 is 14.3 Å². The number of thiophene rings is 1. The second-order valence-electron chi connectivity index (χ2n) is 7.04. The van der Waals surface area contributed by atoms with Gasteiger partial charge in [0.2, 0.25) is 11.6 Å². The highest BCUT2D eigenvalue weighted by Gasteiger charge is 2.30. The van der Waals surface area contributed by atoms with E-state index in [4.69, 9.17) is 14.5 Å². The molecule has 9 nitrogen and oxygen atoms in total. The van der Waals surface area contributed by atoms with Gasteiger partial charge in [-0.25, -0.2) is 9.78 Å². The summed E-state index contributed by atoms with van der Waals surface area (Å²) in [6, 6.07) is 8.00. The van der Waals surface area contributed by atoms with E-state index in [0.717, 1.165) is 39.4 Å². The lowest BCUT2D eigenvalue weighted by atomic mass is 9.93. The van der Waals surface area contributed by atoms with Gasteiger partial charge in [-0.2, -0.15) is 4.80 Å². The van der Waals surface area contributed by atoms with Crippen molar-refractivity contribution in [1.82, 2.24) is 29.8 Å². The maximum Gasteiger partial charge on any atom is 0.374 e. The number of aromatic nitrogens is 6. The fraction of sp³-hybridized carbons (Fsp3) is 0.286. The monoisotopic (exact) mass is 436 g/mol. The second-order valence-corrected chi connectivity index (χ2v) is 7.99. The minimum atomic E-state index is -0.417. The number of hydrogen-bond acceptors (Lipinski definition) is 8. The van der Waals surface area contributed by atoms with E-state index in [-0.39, 0.29) is 0 Å². The SMILES string of the molecule is CCOC(=O)c1nc(-c2cccs2)c2n1CCc1cc(OC)c(-c3nnn(C)n3)cc1-2. The molecule has 0 fully saturated rings. The molecule has 0 saturated carbocycles. The van der Waals surface area contributed by atoms with E-state index in [1.54, 1.807) is 32.4 Å². The Balaban J connectivity index is 1.76. The third kappa shape index (κ3) is 3.19. The van der Waals surface area contributed by atoms with E-state index >= 15 is 0 Å². The summed E-state index contributed by atoms with van der Waals surface area (Å²) in [7, 11) is 3.35. The van der Waals surface area contributed by atoms with Crippen molar-refractivity contribution in [2.45, 2.75) is 19.9 Å². The number of methoxy groups -OCH3 is 1. The number of benzene rings is 1.